The fraction of sp³-hybridized carbons (Fsp3) is 0.600. The Morgan fingerprint density at radius 1 is 1.17 bits per heavy atom. The Bertz CT molecular complexity index is 584. The van der Waals surface area contributed by atoms with Crippen LogP contribution in [0, 0.1) is 0 Å². The largest absolute Gasteiger partial charge is 0.475 e. The van der Waals surface area contributed by atoms with Gasteiger partial charge >= 0.3 is 0 Å². The predicted molar refractivity (Wildman–Crippen MR) is 95.0 cm³/mol. The molecule has 3 aliphatic rings. The molecular formula is C15H22Cl2N4O3. The molecule has 0 saturated carbocycles. The molecule has 1 unspecified atom stereocenters. The first-order chi connectivity index (χ1) is 10.8. The normalized spacial score (nSPS) is 23.0. The first kappa shape index (κ1) is 19.1. The predicted octanol–water partition coefficient (Wildman–Crippen LogP) is 0.568. The van der Waals surface area contributed by atoms with E-state index < -0.39 is 0 Å². The third-order valence-corrected chi connectivity index (χ3v) is 4.43. The van der Waals surface area contributed by atoms with Gasteiger partial charge in [-0.25, -0.2) is 0 Å². The average Bonchev–Trinajstić information content (AvgIpc) is 2.73. The number of piperazine rings is 1. The van der Waals surface area contributed by atoms with E-state index >= 15 is 0 Å². The molecule has 0 bridgehead atoms. The van der Waals surface area contributed by atoms with Crippen molar-refractivity contribution in [1.29, 1.82) is 0 Å². The molecule has 1 aromatic heterocycles. The van der Waals surface area contributed by atoms with E-state index in [1.165, 1.54) is 0 Å². The number of carbonyl (C=O) groups is 1. The Hall–Kier alpha value is -1.28. The van der Waals surface area contributed by atoms with E-state index in [1.807, 2.05) is 17.0 Å². The Labute approximate surface area is 153 Å². The molecule has 0 spiro atoms. The second kappa shape index (κ2) is 8.20. The summed E-state index contributed by atoms with van der Waals surface area (Å²) in [6.07, 6.45) is 0. The van der Waals surface area contributed by atoms with Gasteiger partial charge in [-0.3, -0.25) is 4.79 Å². The number of rotatable bonds is 1. The van der Waals surface area contributed by atoms with Crippen LogP contribution in [0.1, 0.15) is 10.4 Å². The van der Waals surface area contributed by atoms with E-state index in [0.29, 0.717) is 31.3 Å². The number of halogens is 2. The van der Waals surface area contributed by atoms with Crippen molar-refractivity contribution in [3.63, 3.8) is 0 Å². The number of fused-ring (bicyclic) bond motifs is 2. The van der Waals surface area contributed by atoms with Gasteiger partial charge in [0.2, 0.25) is 5.88 Å². The lowest BCUT2D eigenvalue weighted by atomic mass is 10.1. The van der Waals surface area contributed by atoms with Crippen LogP contribution < -0.4 is 15.0 Å². The van der Waals surface area contributed by atoms with E-state index in [-0.39, 0.29) is 36.8 Å². The summed E-state index contributed by atoms with van der Waals surface area (Å²) < 4.78 is 11.2. The van der Waals surface area contributed by atoms with Crippen molar-refractivity contribution in [2.24, 2.45) is 0 Å². The summed E-state index contributed by atoms with van der Waals surface area (Å²) in [4.78, 5) is 21.4. The fourth-order valence-corrected chi connectivity index (χ4v) is 3.18. The van der Waals surface area contributed by atoms with Crippen molar-refractivity contribution in [3.05, 3.63) is 17.7 Å². The summed E-state index contributed by atoms with van der Waals surface area (Å²) in [5.41, 5.74) is 0.571. The van der Waals surface area contributed by atoms with Gasteiger partial charge < -0.3 is 24.6 Å². The van der Waals surface area contributed by atoms with Crippen molar-refractivity contribution in [1.82, 2.24) is 15.2 Å². The highest BCUT2D eigenvalue weighted by Gasteiger charge is 2.33. The SMILES string of the molecule is Cl.Cl.O=C1c2ccc(N3CCOCC3)nc2OCC2CNCCN12. The number of anilines is 1. The maximum absolute atomic E-state index is 12.7. The monoisotopic (exact) mass is 376 g/mol. The molecule has 134 valence electrons. The van der Waals surface area contributed by atoms with Crippen LogP contribution in [0.5, 0.6) is 5.88 Å². The van der Waals surface area contributed by atoms with Gasteiger partial charge in [0.1, 0.15) is 18.0 Å². The smallest absolute Gasteiger partial charge is 0.259 e. The van der Waals surface area contributed by atoms with E-state index in [0.717, 1.165) is 38.5 Å². The van der Waals surface area contributed by atoms with E-state index in [9.17, 15) is 4.79 Å². The second-order valence-corrected chi connectivity index (χ2v) is 5.79. The summed E-state index contributed by atoms with van der Waals surface area (Å²) in [5.74, 6) is 1.34. The van der Waals surface area contributed by atoms with Crippen molar-refractivity contribution >= 4 is 36.5 Å². The number of pyridine rings is 1. The first-order valence-electron chi connectivity index (χ1n) is 7.81. The van der Waals surface area contributed by atoms with Gasteiger partial charge in [-0.15, -0.1) is 24.8 Å². The third-order valence-electron chi connectivity index (χ3n) is 4.43. The Balaban J connectivity index is 0.00000104. The number of amides is 1. The number of nitrogens with one attached hydrogen (secondary N) is 1. The molecule has 4 heterocycles. The first-order valence-corrected chi connectivity index (χ1v) is 7.81. The zero-order valence-electron chi connectivity index (χ0n) is 13.3. The Kier molecular flexibility index (Phi) is 6.51. The van der Waals surface area contributed by atoms with Gasteiger partial charge in [0.25, 0.3) is 5.91 Å². The number of ether oxygens (including phenoxy) is 2. The molecule has 0 aromatic carbocycles. The minimum Gasteiger partial charge on any atom is -0.475 e. The molecule has 1 N–H and O–H groups in total. The minimum atomic E-state index is 0. The maximum Gasteiger partial charge on any atom is 0.259 e. The van der Waals surface area contributed by atoms with Crippen molar-refractivity contribution in [3.8, 4) is 5.88 Å². The van der Waals surface area contributed by atoms with Crippen LogP contribution in [-0.2, 0) is 4.74 Å². The number of hydrogen-bond donors (Lipinski definition) is 1. The lowest BCUT2D eigenvalue weighted by Gasteiger charge is -2.33. The standard InChI is InChI=1S/C15H20N4O3.2ClH/c20-15-12-1-2-13(18-5-7-21-8-6-18)17-14(12)22-10-11-9-16-3-4-19(11)15;;/h1-2,11,16H,3-10H2;2*1H. The number of carbonyl (C=O) groups excluding carboxylic acids is 1. The molecular weight excluding hydrogens is 355 g/mol. The van der Waals surface area contributed by atoms with Crippen LogP contribution >= 0.6 is 24.8 Å². The highest BCUT2D eigenvalue weighted by Crippen LogP contribution is 2.27. The van der Waals surface area contributed by atoms with Gasteiger partial charge in [-0.1, -0.05) is 0 Å². The van der Waals surface area contributed by atoms with Crippen molar-refractivity contribution in [2.75, 3.05) is 57.4 Å². The zero-order valence-corrected chi connectivity index (χ0v) is 14.9. The summed E-state index contributed by atoms with van der Waals surface area (Å²) in [7, 11) is 0. The quantitative estimate of drug-likeness (QED) is 0.772. The van der Waals surface area contributed by atoms with Crippen molar-refractivity contribution < 1.29 is 14.3 Å². The molecule has 1 amide bonds. The van der Waals surface area contributed by atoms with Crippen LogP contribution in [0.15, 0.2) is 12.1 Å². The zero-order chi connectivity index (χ0) is 14.9. The topological polar surface area (TPSA) is 66.9 Å². The number of nitrogens with zero attached hydrogens (tertiary/aromatic N) is 3. The molecule has 0 radical (unpaired) electrons. The third kappa shape index (κ3) is 3.54. The van der Waals surface area contributed by atoms with Crippen LogP contribution in [-0.4, -0.2) is 74.4 Å². The highest BCUT2D eigenvalue weighted by atomic mass is 35.5. The van der Waals surface area contributed by atoms with Crippen LogP contribution in [0.25, 0.3) is 0 Å². The summed E-state index contributed by atoms with van der Waals surface area (Å²) in [6.45, 7) is 5.87. The number of morpholine rings is 1. The molecule has 1 atom stereocenters. The Morgan fingerprint density at radius 3 is 2.75 bits per heavy atom. The van der Waals surface area contributed by atoms with Gasteiger partial charge in [0, 0.05) is 32.7 Å². The molecule has 1 aromatic rings. The molecule has 2 saturated heterocycles. The summed E-state index contributed by atoms with van der Waals surface area (Å²) >= 11 is 0. The van der Waals surface area contributed by atoms with Gasteiger partial charge in [0.15, 0.2) is 0 Å². The van der Waals surface area contributed by atoms with E-state index in [2.05, 4.69) is 15.2 Å². The maximum atomic E-state index is 12.7. The number of aromatic nitrogens is 1. The number of hydrogen-bond acceptors (Lipinski definition) is 6. The molecule has 9 heteroatoms. The highest BCUT2D eigenvalue weighted by molar-refractivity contribution is 5.97. The Morgan fingerprint density at radius 2 is 1.96 bits per heavy atom. The molecule has 3 aliphatic heterocycles. The second-order valence-electron chi connectivity index (χ2n) is 5.79. The van der Waals surface area contributed by atoms with Crippen LogP contribution in [0.3, 0.4) is 0 Å². The van der Waals surface area contributed by atoms with Gasteiger partial charge in [-0.05, 0) is 12.1 Å². The molecule has 7 nitrogen and oxygen atoms in total. The average molecular weight is 377 g/mol. The van der Waals surface area contributed by atoms with E-state index in [1.54, 1.807) is 0 Å². The van der Waals surface area contributed by atoms with Gasteiger partial charge in [-0.2, -0.15) is 4.98 Å². The van der Waals surface area contributed by atoms with Crippen LogP contribution in [0.2, 0.25) is 0 Å². The summed E-state index contributed by atoms with van der Waals surface area (Å²) in [6, 6.07) is 3.84. The van der Waals surface area contributed by atoms with E-state index in [4.69, 9.17) is 9.47 Å². The molecule has 0 aliphatic carbocycles. The van der Waals surface area contributed by atoms with Crippen molar-refractivity contribution in [2.45, 2.75) is 6.04 Å². The minimum absolute atomic E-state index is 0. The van der Waals surface area contributed by atoms with Gasteiger partial charge in [0.05, 0.1) is 19.3 Å². The lowest BCUT2D eigenvalue weighted by Crippen LogP contribution is -2.54. The summed E-state index contributed by atoms with van der Waals surface area (Å²) in [5, 5.41) is 3.31. The fourth-order valence-electron chi connectivity index (χ4n) is 3.18. The lowest BCUT2D eigenvalue weighted by molar-refractivity contribution is 0.0605. The van der Waals surface area contributed by atoms with Crippen LogP contribution in [0.4, 0.5) is 5.82 Å². The molecule has 24 heavy (non-hydrogen) atoms. The molecule has 4 rings (SSSR count). The molecule has 2 fully saturated rings.